The molecule has 1 aromatic heterocycles. The Balaban J connectivity index is 2.06. The van der Waals surface area contributed by atoms with Gasteiger partial charge in [0.05, 0.1) is 0 Å². The molecule has 0 radical (unpaired) electrons. The molecule has 0 aliphatic heterocycles. The summed E-state index contributed by atoms with van der Waals surface area (Å²) in [6, 6.07) is 3.66. The zero-order chi connectivity index (χ0) is 13.8. The molecular weight excluding hydrogens is 238 g/mol. The number of aromatic nitrogens is 1. The Labute approximate surface area is 115 Å². The number of hydrogen-bond acceptors (Lipinski definition) is 3. The van der Waals surface area contributed by atoms with Gasteiger partial charge in [0.2, 0.25) is 0 Å². The molecule has 0 N–H and O–H groups in total. The Morgan fingerprint density at radius 3 is 2.63 bits per heavy atom. The van der Waals surface area contributed by atoms with Crippen LogP contribution in [0.3, 0.4) is 0 Å². The molecule has 0 atom stereocenters. The standard InChI is InChI=1S/C15H23N3O/c1-17(2)15(19)13-8-9-16-14(10-13)18(3)11-12-6-4-5-7-12/h8-10,12H,4-7,11H2,1-3H3. The molecule has 1 heterocycles. The Bertz CT molecular complexity index is 439. The van der Waals surface area contributed by atoms with E-state index in [4.69, 9.17) is 0 Å². The van der Waals surface area contributed by atoms with Gasteiger partial charge in [-0.2, -0.15) is 0 Å². The van der Waals surface area contributed by atoms with Crippen LogP contribution in [-0.2, 0) is 0 Å². The molecule has 4 heteroatoms. The average Bonchev–Trinajstić information content (AvgIpc) is 2.90. The fourth-order valence-corrected chi connectivity index (χ4v) is 2.69. The van der Waals surface area contributed by atoms with E-state index >= 15 is 0 Å². The van der Waals surface area contributed by atoms with Gasteiger partial charge in [0.15, 0.2) is 0 Å². The molecule has 2 rings (SSSR count). The van der Waals surface area contributed by atoms with Gasteiger partial charge in [-0.3, -0.25) is 4.79 Å². The van der Waals surface area contributed by atoms with Crippen molar-refractivity contribution in [3.8, 4) is 0 Å². The van der Waals surface area contributed by atoms with Crippen molar-refractivity contribution in [1.29, 1.82) is 0 Å². The SMILES string of the molecule is CN(C)C(=O)c1ccnc(N(C)CC2CCCC2)c1. The first-order chi connectivity index (χ1) is 9.08. The number of carbonyl (C=O) groups is 1. The summed E-state index contributed by atoms with van der Waals surface area (Å²) in [6.45, 7) is 1.03. The average molecular weight is 261 g/mol. The van der Waals surface area contributed by atoms with Crippen LogP contribution in [0.5, 0.6) is 0 Å². The number of amides is 1. The number of hydrogen-bond donors (Lipinski definition) is 0. The number of anilines is 1. The largest absolute Gasteiger partial charge is 0.359 e. The van der Waals surface area contributed by atoms with Crippen LogP contribution >= 0.6 is 0 Å². The minimum Gasteiger partial charge on any atom is -0.359 e. The second-order valence-corrected chi connectivity index (χ2v) is 5.63. The Hall–Kier alpha value is -1.58. The van der Waals surface area contributed by atoms with Crippen molar-refractivity contribution in [1.82, 2.24) is 9.88 Å². The lowest BCUT2D eigenvalue weighted by Crippen LogP contribution is -2.26. The predicted octanol–water partition coefficient (Wildman–Crippen LogP) is 2.41. The molecule has 1 amide bonds. The van der Waals surface area contributed by atoms with E-state index in [1.54, 1.807) is 31.3 Å². The fraction of sp³-hybridized carbons (Fsp3) is 0.600. The first kappa shape index (κ1) is 13.8. The lowest BCUT2D eigenvalue weighted by atomic mass is 10.1. The number of nitrogens with zero attached hydrogens (tertiary/aromatic N) is 3. The molecule has 0 aromatic carbocycles. The second-order valence-electron chi connectivity index (χ2n) is 5.63. The number of pyridine rings is 1. The first-order valence-corrected chi connectivity index (χ1v) is 6.97. The van der Waals surface area contributed by atoms with Gasteiger partial charge in [-0.25, -0.2) is 4.98 Å². The van der Waals surface area contributed by atoms with E-state index < -0.39 is 0 Å². The van der Waals surface area contributed by atoms with Crippen LogP contribution in [0.25, 0.3) is 0 Å². The summed E-state index contributed by atoms with van der Waals surface area (Å²) in [4.78, 5) is 20.1. The third-order valence-corrected chi connectivity index (χ3v) is 3.80. The summed E-state index contributed by atoms with van der Waals surface area (Å²) in [5.74, 6) is 1.69. The molecule has 4 nitrogen and oxygen atoms in total. The summed E-state index contributed by atoms with van der Waals surface area (Å²) in [6.07, 6.45) is 7.06. The Morgan fingerprint density at radius 2 is 2.00 bits per heavy atom. The molecule has 1 fully saturated rings. The zero-order valence-corrected chi connectivity index (χ0v) is 12.1. The van der Waals surface area contributed by atoms with Crippen LogP contribution in [0.1, 0.15) is 36.0 Å². The smallest absolute Gasteiger partial charge is 0.253 e. The van der Waals surface area contributed by atoms with Crippen LogP contribution in [0.4, 0.5) is 5.82 Å². The quantitative estimate of drug-likeness (QED) is 0.835. The highest BCUT2D eigenvalue weighted by atomic mass is 16.2. The van der Waals surface area contributed by atoms with Gasteiger partial charge in [-0.15, -0.1) is 0 Å². The third-order valence-electron chi connectivity index (χ3n) is 3.80. The molecule has 1 aromatic rings. The fourth-order valence-electron chi connectivity index (χ4n) is 2.69. The molecule has 0 saturated heterocycles. The normalized spacial score (nSPS) is 15.5. The van der Waals surface area contributed by atoms with Gasteiger partial charge >= 0.3 is 0 Å². The Morgan fingerprint density at radius 1 is 1.32 bits per heavy atom. The van der Waals surface area contributed by atoms with Crippen molar-refractivity contribution in [2.45, 2.75) is 25.7 Å². The minimum atomic E-state index is 0.0258. The second kappa shape index (κ2) is 6.04. The van der Waals surface area contributed by atoms with Crippen molar-refractivity contribution in [3.63, 3.8) is 0 Å². The van der Waals surface area contributed by atoms with Gasteiger partial charge in [0.1, 0.15) is 5.82 Å². The first-order valence-electron chi connectivity index (χ1n) is 6.97. The van der Waals surface area contributed by atoms with Crippen molar-refractivity contribution in [2.75, 3.05) is 32.6 Å². The lowest BCUT2D eigenvalue weighted by Gasteiger charge is -2.22. The lowest BCUT2D eigenvalue weighted by molar-refractivity contribution is 0.0827. The maximum Gasteiger partial charge on any atom is 0.253 e. The molecular formula is C15H23N3O. The Kier molecular flexibility index (Phi) is 4.40. The highest BCUT2D eigenvalue weighted by molar-refractivity contribution is 5.94. The van der Waals surface area contributed by atoms with E-state index in [0.717, 1.165) is 18.3 Å². The zero-order valence-electron chi connectivity index (χ0n) is 12.1. The molecule has 19 heavy (non-hydrogen) atoms. The van der Waals surface area contributed by atoms with Crippen LogP contribution in [0, 0.1) is 5.92 Å². The van der Waals surface area contributed by atoms with Gasteiger partial charge in [-0.05, 0) is 30.9 Å². The molecule has 0 spiro atoms. The summed E-state index contributed by atoms with van der Waals surface area (Å²) in [7, 11) is 5.60. The van der Waals surface area contributed by atoms with E-state index in [-0.39, 0.29) is 5.91 Å². The van der Waals surface area contributed by atoms with Gasteiger partial charge in [0.25, 0.3) is 5.91 Å². The summed E-state index contributed by atoms with van der Waals surface area (Å²) in [5.41, 5.74) is 0.702. The maximum absolute atomic E-state index is 11.9. The molecule has 0 bridgehead atoms. The molecule has 1 saturated carbocycles. The third kappa shape index (κ3) is 3.46. The molecule has 0 unspecified atom stereocenters. The van der Waals surface area contributed by atoms with Crippen LogP contribution in [-0.4, -0.2) is 43.5 Å². The van der Waals surface area contributed by atoms with Crippen molar-refractivity contribution < 1.29 is 4.79 Å². The van der Waals surface area contributed by atoms with E-state index in [2.05, 4.69) is 16.9 Å². The van der Waals surface area contributed by atoms with Gasteiger partial charge in [-0.1, -0.05) is 12.8 Å². The number of carbonyl (C=O) groups excluding carboxylic acids is 1. The van der Waals surface area contributed by atoms with Gasteiger partial charge < -0.3 is 9.80 Å². The minimum absolute atomic E-state index is 0.0258. The summed E-state index contributed by atoms with van der Waals surface area (Å²) >= 11 is 0. The molecule has 1 aliphatic carbocycles. The topological polar surface area (TPSA) is 36.4 Å². The van der Waals surface area contributed by atoms with Crippen LogP contribution in [0.15, 0.2) is 18.3 Å². The highest BCUT2D eigenvalue weighted by Crippen LogP contribution is 2.26. The maximum atomic E-state index is 11.9. The van der Waals surface area contributed by atoms with Crippen molar-refractivity contribution in [2.24, 2.45) is 5.92 Å². The van der Waals surface area contributed by atoms with Gasteiger partial charge in [0, 0.05) is 39.4 Å². The summed E-state index contributed by atoms with van der Waals surface area (Å²) < 4.78 is 0. The molecule has 1 aliphatic rings. The van der Waals surface area contributed by atoms with Crippen LogP contribution < -0.4 is 4.90 Å². The van der Waals surface area contributed by atoms with E-state index in [1.165, 1.54) is 25.7 Å². The van der Waals surface area contributed by atoms with Crippen molar-refractivity contribution >= 4 is 11.7 Å². The van der Waals surface area contributed by atoms with E-state index in [1.807, 2.05) is 6.07 Å². The molecule has 104 valence electrons. The van der Waals surface area contributed by atoms with Crippen molar-refractivity contribution in [3.05, 3.63) is 23.9 Å². The predicted molar refractivity (Wildman–Crippen MR) is 77.5 cm³/mol. The van der Waals surface area contributed by atoms with E-state index in [0.29, 0.717) is 5.56 Å². The highest BCUT2D eigenvalue weighted by Gasteiger charge is 2.18. The summed E-state index contributed by atoms with van der Waals surface area (Å²) in [5, 5.41) is 0. The van der Waals surface area contributed by atoms with E-state index in [9.17, 15) is 4.79 Å². The van der Waals surface area contributed by atoms with Crippen LogP contribution in [0.2, 0.25) is 0 Å². The number of rotatable bonds is 4. The monoisotopic (exact) mass is 261 g/mol.